The fraction of sp³-hybridized carbons (Fsp3) is 0.478. The molecule has 1 N–H and O–H groups in total. The van der Waals surface area contributed by atoms with Crippen LogP contribution in [-0.2, 0) is 22.6 Å². The molecule has 1 saturated heterocycles. The van der Waals surface area contributed by atoms with Gasteiger partial charge in [0.05, 0.1) is 17.5 Å². The van der Waals surface area contributed by atoms with E-state index in [1.54, 1.807) is 24.0 Å². The Morgan fingerprint density at radius 2 is 1.95 bits per heavy atom. The van der Waals surface area contributed by atoms with Crippen LogP contribution in [0.5, 0.6) is 0 Å². The largest absolute Gasteiger partial charge is 0.433 e. The molecule has 0 aliphatic carbocycles. The summed E-state index contributed by atoms with van der Waals surface area (Å²) < 4.78 is 65.9. The summed E-state index contributed by atoms with van der Waals surface area (Å²) in [5, 5.41) is 18.6. The van der Waals surface area contributed by atoms with Crippen LogP contribution in [-0.4, -0.2) is 65.6 Å². The van der Waals surface area contributed by atoms with Gasteiger partial charge >= 0.3 is 6.18 Å². The third kappa shape index (κ3) is 5.70. The van der Waals surface area contributed by atoms with E-state index >= 15 is 0 Å². The van der Waals surface area contributed by atoms with Crippen LogP contribution in [0, 0.1) is 12.8 Å². The maximum absolute atomic E-state index is 13.5. The highest BCUT2D eigenvalue weighted by atomic mass is 32.2. The molecule has 37 heavy (non-hydrogen) atoms. The number of anilines is 2. The van der Waals surface area contributed by atoms with Gasteiger partial charge in [-0.2, -0.15) is 13.2 Å². The van der Waals surface area contributed by atoms with Crippen molar-refractivity contribution in [2.75, 3.05) is 35.7 Å². The normalized spacial score (nSPS) is 17.1. The van der Waals surface area contributed by atoms with Gasteiger partial charge < -0.3 is 14.9 Å². The van der Waals surface area contributed by atoms with Crippen molar-refractivity contribution >= 4 is 32.8 Å². The molecule has 3 aromatic rings. The van der Waals surface area contributed by atoms with Crippen LogP contribution < -0.4 is 9.80 Å². The Balaban J connectivity index is 1.67. The van der Waals surface area contributed by atoms with Gasteiger partial charge in [0.15, 0.2) is 15.5 Å². The van der Waals surface area contributed by atoms with Crippen molar-refractivity contribution in [1.29, 1.82) is 0 Å². The Kier molecular flexibility index (Phi) is 7.45. The van der Waals surface area contributed by atoms with Crippen LogP contribution in [0.15, 0.2) is 29.3 Å². The highest BCUT2D eigenvalue weighted by molar-refractivity contribution is 7.90. The summed E-state index contributed by atoms with van der Waals surface area (Å²) in [4.78, 5) is 11.8. The summed E-state index contributed by atoms with van der Waals surface area (Å²) >= 11 is 1.30. The second-order valence-corrected chi connectivity index (χ2v) is 12.4. The summed E-state index contributed by atoms with van der Waals surface area (Å²) in [7, 11) is -3.59. The molecular weight excluding hydrogens is 529 g/mol. The first-order valence-electron chi connectivity index (χ1n) is 11.5. The average molecular weight is 557 g/mol. The number of hydrogen-bond donors (Lipinski definition) is 1. The quantitative estimate of drug-likeness (QED) is 0.487. The lowest BCUT2D eigenvalue weighted by Gasteiger charge is -2.44. The minimum atomic E-state index is -4.72. The zero-order chi connectivity index (χ0) is 27.1. The molecule has 1 atom stereocenters. The highest BCUT2D eigenvalue weighted by Crippen LogP contribution is 2.35. The molecule has 0 saturated carbocycles. The summed E-state index contributed by atoms with van der Waals surface area (Å²) in [6.07, 6.45) is -2.56. The molecule has 1 unspecified atom stereocenters. The molecule has 0 radical (unpaired) electrons. The topological polar surface area (TPSA) is 112 Å². The second-order valence-electron chi connectivity index (χ2n) is 9.23. The van der Waals surface area contributed by atoms with Crippen LogP contribution in [0.3, 0.4) is 0 Å². The summed E-state index contributed by atoms with van der Waals surface area (Å²) in [5.41, 5.74) is -0.364. The minimum absolute atomic E-state index is 0.0243. The van der Waals surface area contributed by atoms with E-state index in [9.17, 15) is 26.7 Å². The van der Waals surface area contributed by atoms with Gasteiger partial charge in [-0.3, -0.25) is 0 Å². The Morgan fingerprint density at radius 1 is 1.22 bits per heavy atom. The number of hydrogen-bond acceptors (Lipinski definition) is 10. The Morgan fingerprint density at radius 3 is 2.51 bits per heavy atom. The van der Waals surface area contributed by atoms with Crippen LogP contribution in [0.2, 0.25) is 0 Å². The smallest absolute Gasteiger partial charge is 0.392 e. The van der Waals surface area contributed by atoms with Crippen molar-refractivity contribution in [3.05, 3.63) is 40.7 Å². The van der Waals surface area contributed by atoms with Gasteiger partial charge in [0.2, 0.25) is 5.95 Å². The van der Waals surface area contributed by atoms with Crippen LogP contribution in [0.25, 0.3) is 10.6 Å². The molecule has 0 amide bonds. The lowest BCUT2D eigenvalue weighted by atomic mass is 9.99. The number of aromatic nitrogens is 4. The molecule has 9 nitrogen and oxygen atoms in total. The van der Waals surface area contributed by atoms with Crippen molar-refractivity contribution in [2.24, 2.45) is 5.92 Å². The molecule has 1 aliphatic heterocycles. The molecule has 4 rings (SSSR count). The number of aryl methyl sites for hydroxylation is 1. The zero-order valence-corrected chi connectivity index (χ0v) is 22.3. The minimum Gasteiger partial charge on any atom is -0.392 e. The summed E-state index contributed by atoms with van der Waals surface area (Å²) in [6.45, 7) is 6.05. The average Bonchev–Trinajstić information content (AvgIpc) is 3.28. The van der Waals surface area contributed by atoms with Gasteiger partial charge in [-0.05, 0) is 31.0 Å². The zero-order valence-electron chi connectivity index (χ0n) is 20.7. The number of rotatable bonds is 6. The summed E-state index contributed by atoms with van der Waals surface area (Å²) in [5.74, 6) is -0.0297. The van der Waals surface area contributed by atoms with Gasteiger partial charge in [-0.15, -0.1) is 10.2 Å². The number of nitrogens with zero attached hydrogens (tertiary/aromatic N) is 6. The maximum Gasteiger partial charge on any atom is 0.433 e. The van der Waals surface area contributed by atoms with E-state index in [0.29, 0.717) is 35.9 Å². The standard InChI is InChI=1S/C23H27F3N6O3S2/c1-13(2)18-11-31(7-8-32(18)22-27-10-15(12-33)20(28-22)23(24,25)26)16-5-6-17(19(9-16)37(4,34)35)21-30-29-14(3)36-21/h5-6,9-10,13,18,33H,7-8,11-12H2,1-4H3. The summed E-state index contributed by atoms with van der Waals surface area (Å²) in [6, 6.07) is 4.90. The van der Waals surface area contributed by atoms with E-state index in [-0.39, 0.29) is 28.4 Å². The molecule has 2 aromatic heterocycles. The Hall–Kier alpha value is -2.84. The van der Waals surface area contributed by atoms with Crippen LogP contribution in [0.1, 0.15) is 30.1 Å². The molecule has 1 aliphatic rings. The second kappa shape index (κ2) is 10.1. The number of piperazine rings is 1. The molecule has 14 heteroatoms. The van der Waals surface area contributed by atoms with Crippen molar-refractivity contribution in [3.8, 4) is 10.6 Å². The van der Waals surface area contributed by atoms with Crippen molar-refractivity contribution < 1.29 is 26.7 Å². The van der Waals surface area contributed by atoms with Crippen molar-refractivity contribution in [1.82, 2.24) is 20.2 Å². The SMILES string of the molecule is Cc1nnc(-c2ccc(N3CCN(c4ncc(CO)c(C(F)(F)F)n4)C(C(C)C)C3)cc2S(C)(=O)=O)s1. The van der Waals surface area contributed by atoms with E-state index in [4.69, 9.17) is 0 Å². The Labute approximate surface area is 216 Å². The van der Waals surface area contributed by atoms with E-state index in [1.165, 1.54) is 11.3 Å². The van der Waals surface area contributed by atoms with E-state index in [1.807, 2.05) is 24.8 Å². The third-order valence-electron chi connectivity index (χ3n) is 6.22. The van der Waals surface area contributed by atoms with Crippen molar-refractivity contribution in [3.63, 3.8) is 0 Å². The Bertz CT molecular complexity index is 1390. The molecular formula is C23H27F3N6O3S2. The van der Waals surface area contributed by atoms with E-state index in [2.05, 4.69) is 20.2 Å². The van der Waals surface area contributed by atoms with Gasteiger partial charge in [0, 0.05) is 48.9 Å². The fourth-order valence-corrected chi connectivity index (χ4v) is 6.05. The molecule has 200 valence electrons. The highest BCUT2D eigenvalue weighted by Gasteiger charge is 2.38. The first-order chi connectivity index (χ1) is 17.3. The molecule has 0 bridgehead atoms. The first kappa shape index (κ1) is 27.2. The number of aliphatic hydroxyl groups is 1. The molecule has 1 fully saturated rings. The number of benzene rings is 1. The molecule has 0 spiro atoms. The maximum atomic E-state index is 13.5. The van der Waals surface area contributed by atoms with E-state index in [0.717, 1.165) is 17.5 Å². The lowest BCUT2D eigenvalue weighted by molar-refractivity contribution is -0.142. The molecule has 3 heterocycles. The van der Waals surface area contributed by atoms with Gasteiger partial charge in [0.1, 0.15) is 10.0 Å². The third-order valence-corrected chi connectivity index (χ3v) is 8.23. The van der Waals surface area contributed by atoms with Gasteiger partial charge in [0.25, 0.3) is 0 Å². The predicted octanol–water partition coefficient (Wildman–Crippen LogP) is 3.57. The van der Waals surface area contributed by atoms with E-state index < -0.39 is 28.3 Å². The predicted molar refractivity (Wildman–Crippen MR) is 134 cm³/mol. The number of aliphatic hydroxyl groups excluding tert-OH is 1. The van der Waals surface area contributed by atoms with Crippen molar-refractivity contribution in [2.45, 2.75) is 44.5 Å². The van der Waals surface area contributed by atoms with Crippen LogP contribution >= 0.6 is 11.3 Å². The van der Waals surface area contributed by atoms with Crippen LogP contribution in [0.4, 0.5) is 24.8 Å². The fourth-order valence-electron chi connectivity index (χ4n) is 4.36. The number of halogens is 3. The number of sulfone groups is 1. The van der Waals surface area contributed by atoms with Gasteiger partial charge in [-0.1, -0.05) is 25.2 Å². The van der Waals surface area contributed by atoms with Gasteiger partial charge in [-0.25, -0.2) is 18.4 Å². The first-order valence-corrected chi connectivity index (χ1v) is 14.2. The number of alkyl halides is 3. The lowest BCUT2D eigenvalue weighted by Crippen LogP contribution is -2.56. The monoisotopic (exact) mass is 556 g/mol. The molecule has 1 aromatic carbocycles.